The molecule has 0 spiro atoms. The molecular weight excluding hydrogens is 548 g/mol. The fourth-order valence-electron chi connectivity index (χ4n) is 4.81. The SMILES string of the molecule is CCN1CCOc2ccccc2C(=O)N[C@H](C(=O)N(C)CCOc2ccccc2)CC(=O)N[C@H](Cc2ccccc2)C1=O. The monoisotopic (exact) mass is 586 g/mol. The minimum absolute atomic E-state index is 0.141. The standard InChI is InChI=1S/C33H38N4O6/c1-3-37-19-21-43-29-17-11-10-16-26(29)31(39)35-28(32(40)36(2)18-20-42-25-14-8-5-9-15-25)23-30(38)34-27(33(37)41)22-24-12-6-4-7-13-24/h4-17,27-28H,3,18-23H2,1-2H3,(H,34,38)(H,35,39)/t27-,28+/m1/s1. The Hall–Kier alpha value is -4.86. The normalized spacial score (nSPS) is 17.9. The molecule has 3 aromatic carbocycles. The molecule has 1 heterocycles. The van der Waals surface area contributed by atoms with E-state index in [9.17, 15) is 19.2 Å². The number of hydrogen-bond acceptors (Lipinski definition) is 6. The molecule has 1 aliphatic rings. The van der Waals surface area contributed by atoms with Crippen LogP contribution in [-0.2, 0) is 20.8 Å². The largest absolute Gasteiger partial charge is 0.492 e. The van der Waals surface area contributed by atoms with Crippen molar-refractivity contribution < 1.29 is 28.7 Å². The summed E-state index contributed by atoms with van der Waals surface area (Å²) in [5, 5.41) is 5.57. The topological polar surface area (TPSA) is 117 Å². The fraction of sp³-hybridized carbons (Fsp3) is 0.333. The second kappa shape index (κ2) is 15.4. The van der Waals surface area contributed by atoms with Gasteiger partial charge in [-0.1, -0.05) is 60.7 Å². The highest BCUT2D eigenvalue weighted by Crippen LogP contribution is 2.19. The summed E-state index contributed by atoms with van der Waals surface area (Å²) in [6.07, 6.45) is -0.0878. The van der Waals surface area contributed by atoms with Gasteiger partial charge in [0, 0.05) is 20.0 Å². The summed E-state index contributed by atoms with van der Waals surface area (Å²) in [7, 11) is 1.59. The maximum Gasteiger partial charge on any atom is 0.255 e. The van der Waals surface area contributed by atoms with E-state index in [0.29, 0.717) is 18.0 Å². The molecule has 10 heteroatoms. The lowest BCUT2D eigenvalue weighted by Crippen LogP contribution is -2.54. The number of nitrogens with zero attached hydrogens (tertiary/aromatic N) is 2. The Balaban J connectivity index is 1.57. The van der Waals surface area contributed by atoms with E-state index in [-0.39, 0.29) is 50.6 Å². The summed E-state index contributed by atoms with van der Waals surface area (Å²) in [4.78, 5) is 57.1. The highest BCUT2D eigenvalue weighted by atomic mass is 16.5. The number of rotatable bonds is 8. The van der Waals surface area contributed by atoms with Crippen LogP contribution in [0.15, 0.2) is 84.9 Å². The molecule has 0 radical (unpaired) electrons. The number of hydrogen-bond donors (Lipinski definition) is 2. The summed E-state index contributed by atoms with van der Waals surface area (Å²) in [6, 6.07) is 23.2. The van der Waals surface area contributed by atoms with Gasteiger partial charge in [-0.15, -0.1) is 0 Å². The first kappa shape index (κ1) is 31.1. The van der Waals surface area contributed by atoms with Crippen LogP contribution in [0.25, 0.3) is 0 Å². The zero-order valence-corrected chi connectivity index (χ0v) is 24.5. The molecular formula is C33H38N4O6. The summed E-state index contributed by atoms with van der Waals surface area (Å²) in [5.41, 5.74) is 1.10. The fourth-order valence-corrected chi connectivity index (χ4v) is 4.81. The Morgan fingerprint density at radius 1 is 0.953 bits per heavy atom. The van der Waals surface area contributed by atoms with E-state index in [2.05, 4.69) is 10.6 Å². The van der Waals surface area contributed by atoms with Crippen molar-refractivity contribution in [2.24, 2.45) is 0 Å². The van der Waals surface area contributed by atoms with Gasteiger partial charge >= 0.3 is 0 Å². The van der Waals surface area contributed by atoms with Crippen LogP contribution < -0.4 is 20.1 Å². The average molecular weight is 587 g/mol. The van der Waals surface area contributed by atoms with Crippen LogP contribution >= 0.6 is 0 Å². The summed E-state index contributed by atoms with van der Waals surface area (Å²) in [6.45, 7) is 3.11. The zero-order valence-electron chi connectivity index (χ0n) is 24.5. The van der Waals surface area contributed by atoms with E-state index in [4.69, 9.17) is 9.47 Å². The van der Waals surface area contributed by atoms with Crippen molar-refractivity contribution >= 4 is 23.6 Å². The molecule has 2 N–H and O–H groups in total. The number of ether oxygens (including phenoxy) is 2. The van der Waals surface area contributed by atoms with Crippen molar-refractivity contribution in [3.8, 4) is 11.5 Å². The Morgan fingerprint density at radius 2 is 1.63 bits per heavy atom. The zero-order chi connectivity index (χ0) is 30.6. The predicted molar refractivity (Wildman–Crippen MR) is 162 cm³/mol. The molecule has 0 saturated heterocycles. The van der Waals surface area contributed by atoms with E-state index >= 15 is 0 Å². The first-order valence-corrected chi connectivity index (χ1v) is 14.4. The predicted octanol–water partition coefficient (Wildman–Crippen LogP) is 2.68. The van der Waals surface area contributed by atoms with E-state index in [1.165, 1.54) is 4.90 Å². The van der Waals surface area contributed by atoms with Crippen molar-refractivity contribution in [3.05, 3.63) is 96.1 Å². The van der Waals surface area contributed by atoms with Crippen molar-refractivity contribution in [3.63, 3.8) is 0 Å². The minimum Gasteiger partial charge on any atom is -0.492 e. The lowest BCUT2D eigenvalue weighted by molar-refractivity contribution is -0.138. The van der Waals surface area contributed by atoms with Crippen LogP contribution in [0.1, 0.15) is 29.3 Å². The molecule has 4 amide bonds. The molecule has 226 valence electrons. The van der Waals surface area contributed by atoms with Gasteiger partial charge in [0.1, 0.15) is 36.8 Å². The number of fused-ring (bicyclic) bond motifs is 1. The third-order valence-corrected chi connectivity index (χ3v) is 7.17. The molecule has 3 aromatic rings. The van der Waals surface area contributed by atoms with Gasteiger partial charge < -0.3 is 29.9 Å². The number of para-hydroxylation sites is 2. The maximum atomic E-state index is 13.6. The van der Waals surface area contributed by atoms with E-state index < -0.39 is 29.8 Å². The molecule has 1 aliphatic heterocycles. The van der Waals surface area contributed by atoms with Crippen molar-refractivity contribution in [2.75, 3.05) is 39.9 Å². The van der Waals surface area contributed by atoms with Crippen LogP contribution in [0, 0.1) is 0 Å². The molecule has 0 saturated carbocycles. The van der Waals surface area contributed by atoms with Gasteiger partial charge in [-0.25, -0.2) is 0 Å². The van der Waals surface area contributed by atoms with Crippen molar-refractivity contribution in [2.45, 2.75) is 31.8 Å². The number of benzene rings is 3. The first-order valence-electron chi connectivity index (χ1n) is 14.4. The lowest BCUT2D eigenvalue weighted by atomic mass is 10.0. The van der Waals surface area contributed by atoms with Crippen LogP contribution in [-0.4, -0.2) is 85.4 Å². The smallest absolute Gasteiger partial charge is 0.255 e. The summed E-state index contributed by atoms with van der Waals surface area (Å²) >= 11 is 0. The van der Waals surface area contributed by atoms with Crippen LogP contribution in [0.4, 0.5) is 0 Å². The molecule has 10 nitrogen and oxygen atoms in total. The Morgan fingerprint density at radius 3 is 2.35 bits per heavy atom. The molecule has 0 unspecified atom stereocenters. The molecule has 0 fully saturated rings. The average Bonchev–Trinajstić information content (AvgIpc) is 3.02. The maximum absolute atomic E-state index is 13.6. The number of carbonyl (C=O) groups excluding carboxylic acids is 4. The molecule has 2 atom stereocenters. The van der Waals surface area contributed by atoms with Gasteiger partial charge in [-0.2, -0.15) is 0 Å². The number of amides is 4. The Bertz CT molecular complexity index is 1380. The Labute approximate surface area is 252 Å². The number of carbonyl (C=O) groups is 4. The van der Waals surface area contributed by atoms with Crippen LogP contribution in [0.3, 0.4) is 0 Å². The Kier molecular flexibility index (Phi) is 11.1. The first-order chi connectivity index (χ1) is 20.9. The molecule has 43 heavy (non-hydrogen) atoms. The summed E-state index contributed by atoms with van der Waals surface area (Å²) in [5.74, 6) is -0.804. The third-order valence-electron chi connectivity index (χ3n) is 7.17. The quantitative estimate of drug-likeness (QED) is 0.419. The molecule has 4 rings (SSSR count). The number of likely N-dealkylation sites (N-methyl/N-ethyl adjacent to an activating group) is 2. The lowest BCUT2D eigenvalue weighted by Gasteiger charge is -2.29. The molecule has 0 aliphatic carbocycles. The number of nitrogens with one attached hydrogen (secondary N) is 2. The van der Waals surface area contributed by atoms with Gasteiger partial charge in [-0.3, -0.25) is 19.2 Å². The van der Waals surface area contributed by atoms with E-state index in [1.807, 2.05) is 67.6 Å². The second-order valence-corrected chi connectivity index (χ2v) is 10.2. The van der Waals surface area contributed by atoms with Crippen molar-refractivity contribution in [1.82, 2.24) is 20.4 Å². The second-order valence-electron chi connectivity index (χ2n) is 10.2. The molecule has 0 bridgehead atoms. The van der Waals surface area contributed by atoms with Gasteiger partial charge in [0.2, 0.25) is 17.7 Å². The van der Waals surface area contributed by atoms with E-state index in [1.54, 1.807) is 36.2 Å². The molecule has 0 aromatic heterocycles. The highest BCUT2D eigenvalue weighted by molar-refractivity contribution is 6.01. The van der Waals surface area contributed by atoms with Gasteiger partial charge in [0.25, 0.3) is 5.91 Å². The van der Waals surface area contributed by atoms with Gasteiger partial charge in [-0.05, 0) is 36.8 Å². The van der Waals surface area contributed by atoms with Crippen molar-refractivity contribution in [1.29, 1.82) is 0 Å². The van der Waals surface area contributed by atoms with Crippen LogP contribution in [0.5, 0.6) is 11.5 Å². The van der Waals surface area contributed by atoms with E-state index in [0.717, 1.165) is 5.56 Å². The third kappa shape index (κ3) is 8.81. The van der Waals surface area contributed by atoms with Crippen LogP contribution in [0.2, 0.25) is 0 Å². The highest BCUT2D eigenvalue weighted by Gasteiger charge is 2.31. The van der Waals surface area contributed by atoms with Gasteiger partial charge in [0.05, 0.1) is 25.1 Å². The minimum atomic E-state index is -1.19. The van der Waals surface area contributed by atoms with Gasteiger partial charge in [0.15, 0.2) is 0 Å². The summed E-state index contributed by atoms with van der Waals surface area (Å²) < 4.78 is 11.7.